The van der Waals surface area contributed by atoms with Crippen LogP contribution in [0.5, 0.6) is 0 Å². The first-order valence-electron chi connectivity index (χ1n) is 8.00. The van der Waals surface area contributed by atoms with E-state index in [1.165, 1.54) is 0 Å². The van der Waals surface area contributed by atoms with E-state index in [9.17, 15) is 9.59 Å². The van der Waals surface area contributed by atoms with E-state index >= 15 is 0 Å². The molecule has 8 heteroatoms. The van der Waals surface area contributed by atoms with E-state index in [2.05, 4.69) is 20.6 Å². The molecule has 3 rings (SSSR count). The molecule has 2 heterocycles. The number of hydrogen-bond donors (Lipinski definition) is 3. The van der Waals surface area contributed by atoms with Gasteiger partial charge in [-0.2, -0.15) is 0 Å². The van der Waals surface area contributed by atoms with Gasteiger partial charge in [0, 0.05) is 33.9 Å². The number of anilines is 1. The number of nitrogens with zero attached hydrogens (tertiary/aromatic N) is 1. The molecule has 2 aromatic heterocycles. The van der Waals surface area contributed by atoms with Gasteiger partial charge in [0.05, 0.1) is 18.0 Å². The Morgan fingerprint density at radius 1 is 1.31 bits per heavy atom. The Balaban J connectivity index is 1.91. The minimum Gasteiger partial charge on any atom is -0.465 e. The molecule has 0 unspecified atom stereocenters. The number of fused-ring (bicyclic) bond motifs is 1. The maximum Gasteiger partial charge on any atom is 0.325 e. The lowest BCUT2D eigenvalue weighted by Crippen LogP contribution is -2.34. The van der Waals surface area contributed by atoms with Gasteiger partial charge in [-0.05, 0) is 37.3 Å². The second kappa shape index (κ2) is 7.88. The van der Waals surface area contributed by atoms with Gasteiger partial charge >= 0.3 is 12.0 Å². The highest BCUT2D eigenvalue weighted by Crippen LogP contribution is 2.35. The molecule has 2 amide bonds. The molecule has 0 spiro atoms. The fourth-order valence-corrected chi connectivity index (χ4v) is 2.72. The highest BCUT2D eigenvalue weighted by Gasteiger charge is 2.16. The Bertz CT molecular complexity index is 940. The van der Waals surface area contributed by atoms with Crippen molar-refractivity contribution in [3.63, 3.8) is 0 Å². The number of esters is 1. The third-order valence-corrected chi connectivity index (χ3v) is 3.88. The quantitative estimate of drug-likeness (QED) is 0.596. The number of amides is 2. The van der Waals surface area contributed by atoms with Gasteiger partial charge in [0.25, 0.3) is 0 Å². The molecule has 0 bridgehead atoms. The zero-order valence-electron chi connectivity index (χ0n) is 14.0. The van der Waals surface area contributed by atoms with Crippen LogP contribution in [-0.2, 0) is 9.53 Å². The van der Waals surface area contributed by atoms with Crippen LogP contribution in [0, 0.1) is 0 Å². The van der Waals surface area contributed by atoms with Crippen LogP contribution in [0.4, 0.5) is 10.5 Å². The van der Waals surface area contributed by atoms with Crippen molar-refractivity contribution in [3.05, 3.63) is 47.7 Å². The van der Waals surface area contributed by atoms with Crippen LogP contribution >= 0.6 is 11.6 Å². The Morgan fingerprint density at radius 3 is 2.88 bits per heavy atom. The topological polar surface area (TPSA) is 96.1 Å². The van der Waals surface area contributed by atoms with Crippen molar-refractivity contribution in [1.82, 2.24) is 15.3 Å². The molecule has 0 atom stereocenters. The number of aromatic nitrogens is 2. The fourth-order valence-electron chi connectivity index (χ4n) is 2.54. The SMILES string of the molecule is CCOC(=O)CNC(=O)Nc1c(-c2cccnc2)[nH]c2ccc(Cl)cc12. The lowest BCUT2D eigenvalue weighted by atomic mass is 10.1. The number of benzene rings is 1. The van der Waals surface area contributed by atoms with Crippen LogP contribution in [-0.4, -0.2) is 35.1 Å². The molecule has 1 aromatic carbocycles. The minimum atomic E-state index is -0.524. The Morgan fingerprint density at radius 2 is 2.15 bits per heavy atom. The molecule has 134 valence electrons. The number of rotatable bonds is 5. The first-order valence-corrected chi connectivity index (χ1v) is 8.38. The van der Waals surface area contributed by atoms with E-state index in [-0.39, 0.29) is 13.2 Å². The number of carbonyl (C=O) groups is 2. The summed E-state index contributed by atoms with van der Waals surface area (Å²) >= 11 is 6.10. The summed E-state index contributed by atoms with van der Waals surface area (Å²) in [7, 11) is 0. The predicted molar refractivity (Wildman–Crippen MR) is 100 cm³/mol. The van der Waals surface area contributed by atoms with E-state index < -0.39 is 12.0 Å². The summed E-state index contributed by atoms with van der Waals surface area (Å²) in [6, 6.07) is 8.51. The van der Waals surface area contributed by atoms with Crippen molar-refractivity contribution in [2.75, 3.05) is 18.5 Å². The predicted octanol–water partition coefficient (Wildman–Crippen LogP) is 3.57. The number of H-pyrrole nitrogens is 1. The molecule has 0 aliphatic heterocycles. The molecule has 0 saturated carbocycles. The maximum absolute atomic E-state index is 12.2. The zero-order valence-corrected chi connectivity index (χ0v) is 14.8. The third kappa shape index (κ3) is 3.94. The monoisotopic (exact) mass is 372 g/mol. The Hall–Kier alpha value is -3.06. The van der Waals surface area contributed by atoms with Gasteiger partial charge in [-0.3, -0.25) is 9.78 Å². The Kier molecular flexibility index (Phi) is 5.38. The van der Waals surface area contributed by atoms with E-state index in [0.717, 1.165) is 16.5 Å². The number of halogens is 1. The number of hydrogen-bond acceptors (Lipinski definition) is 4. The smallest absolute Gasteiger partial charge is 0.325 e. The Labute approximate surface area is 154 Å². The largest absolute Gasteiger partial charge is 0.465 e. The number of ether oxygens (including phenoxy) is 1. The summed E-state index contributed by atoms with van der Waals surface area (Å²) in [5, 5.41) is 6.56. The number of urea groups is 1. The van der Waals surface area contributed by atoms with Crippen molar-refractivity contribution in [2.24, 2.45) is 0 Å². The number of aromatic amines is 1. The number of pyridine rings is 1. The normalized spacial score (nSPS) is 10.5. The van der Waals surface area contributed by atoms with Gasteiger partial charge in [0.1, 0.15) is 6.54 Å². The number of carbonyl (C=O) groups excluding carboxylic acids is 2. The van der Waals surface area contributed by atoms with Gasteiger partial charge in [0.2, 0.25) is 0 Å². The summed E-state index contributed by atoms with van der Waals surface area (Å²) in [4.78, 5) is 31.0. The van der Waals surface area contributed by atoms with Crippen LogP contribution < -0.4 is 10.6 Å². The highest BCUT2D eigenvalue weighted by molar-refractivity contribution is 6.31. The molecule has 3 N–H and O–H groups in total. The van der Waals surface area contributed by atoms with Crippen molar-refractivity contribution in [3.8, 4) is 11.3 Å². The third-order valence-electron chi connectivity index (χ3n) is 3.65. The van der Waals surface area contributed by atoms with Crippen LogP contribution in [0.3, 0.4) is 0 Å². The van der Waals surface area contributed by atoms with Gasteiger partial charge in [0.15, 0.2) is 0 Å². The maximum atomic E-state index is 12.2. The lowest BCUT2D eigenvalue weighted by molar-refractivity contribution is -0.141. The van der Waals surface area contributed by atoms with E-state index in [0.29, 0.717) is 16.4 Å². The molecule has 0 aliphatic rings. The molecular weight excluding hydrogens is 356 g/mol. The molecule has 0 fully saturated rings. The van der Waals surface area contributed by atoms with Gasteiger partial charge in [-0.15, -0.1) is 0 Å². The van der Waals surface area contributed by atoms with Gasteiger partial charge in [-0.25, -0.2) is 4.79 Å². The molecular formula is C18H17ClN4O3. The highest BCUT2D eigenvalue weighted by atomic mass is 35.5. The average molecular weight is 373 g/mol. The van der Waals surface area contributed by atoms with Crippen LogP contribution in [0.25, 0.3) is 22.2 Å². The first kappa shape index (κ1) is 17.8. The molecule has 7 nitrogen and oxygen atoms in total. The van der Waals surface area contributed by atoms with E-state index in [1.807, 2.05) is 12.1 Å². The average Bonchev–Trinajstić information content (AvgIpc) is 2.99. The second-order valence-electron chi connectivity index (χ2n) is 5.42. The van der Waals surface area contributed by atoms with Crippen LogP contribution in [0.1, 0.15) is 6.92 Å². The van der Waals surface area contributed by atoms with Crippen molar-refractivity contribution >= 4 is 40.2 Å². The summed E-state index contributed by atoms with van der Waals surface area (Å²) in [6.45, 7) is 1.74. The van der Waals surface area contributed by atoms with Crippen molar-refractivity contribution in [1.29, 1.82) is 0 Å². The zero-order chi connectivity index (χ0) is 18.5. The molecule has 0 saturated heterocycles. The van der Waals surface area contributed by atoms with Crippen LogP contribution in [0.2, 0.25) is 5.02 Å². The van der Waals surface area contributed by atoms with Crippen molar-refractivity contribution < 1.29 is 14.3 Å². The molecule has 26 heavy (non-hydrogen) atoms. The fraction of sp³-hybridized carbons (Fsp3) is 0.167. The second-order valence-corrected chi connectivity index (χ2v) is 5.86. The molecule has 3 aromatic rings. The van der Waals surface area contributed by atoms with Crippen LogP contribution in [0.15, 0.2) is 42.7 Å². The lowest BCUT2D eigenvalue weighted by Gasteiger charge is -2.09. The minimum absolute atomic E-state index is 0.217. The summed E-state index contributed by atoms with van der Waals surface area (Å²) in [5.41, 5.74) is 2.87. The van der Waals surface area contributed by atoms with E-state index in [4.69, 9.17) is 16.3 Å². The van der Waals surface area contributed by atoms with Gasteiger partial charge < -0.3 is 20.4 Å². The molecule has 0 aliphatic carbocycles. The van der Waals surface area contributed by atoms with Gasteiger partial charge in [-0.1, -0.05) is 11.6 Å². The molecule has 0 radical (unpaired) electrons. The summed E-state index contributed by atoms with van der Waals surface area (Å²) < 4.78 is 4.79. The van der Waals surface area contributed by atoms with Crippen molar-refractivity contribution in [2.45, 2.75) is 6.92 Å². The van der Waals surface area contributed by atoms with E-state index in [1.54, 1.807) is 37.5 Å². The summed E-state index contributed by atoms with van der Waals surface area (Å²) in [5.74, 6) is -0.503. The summed E-state index contributed by atoms with van der Waals surface area (Å²) in [6.07, 6.45) is 3.36. The standard InChI is InChI=1S/C18H17ClN4O3/c1-2-26-15(24)10-21-18(25)23-17-13-8-12(19)5-6-14(13)22-16(17)11-4-3-7-20-9-11/h3-9,22H,2,10H2,1H3,(H2,21,23,25). The number of nitrogens with one attached hydrogen (secondary N) is 3. The first-order chi connectivity index (χ1) is 12.6.